The van der Waals surface area contributed by atoms with Crippen LogP contribution in [-0.4, -0.2) is 23.4 Å². The summed E-state index contributed by atoms with van der Waals surface area (Å²) < 4.78 is 6.38. The zero-order chi connectivity index (χ0) is 18.0. The van der Waals surface area contributed by atoms with E-state index in [2.05, 4.69) is 21.2 Å². The number of nitrogens with zero attached hydrogens (tertiary/aromatic N) is 1. The van der Waals surface area contributed by atoms with Crippen molar-refractivity contribution in [2.75, 3.05) is 6.61 Å². The van der Waals surface area contributed by atoms with Crippen molar-refractivity contribution in [3.63, 3.8) is 0 Å². The van der Waals surface area contributed by atoms with E-state index in [1.807, 2.05) is 55.5 Å². The highest BCUT2D eigenvalue weighted by atomic mass is 79.9. The van der Waals surface area contributed by atoms with Gasteiger partial charge in [-0.15, -0.1) is 0 Å². The van der Waals surface area contributed by atoms with Gasteiger partial charge in [-0.25, -0.2) is 4.79 Å². The average Bonchev–Trinajstić information content (AvgIpc) is 2.81. The van der Waals surface area contributed by atoms with Crippen LogP contribution in [0.25, 0.3) is 0 Å². The van der Waals surface area contributed by atoms with Gasteiger partial charge in [-0.1, -0.05) is 52.3 Å². The second-order valence-corrected chi connectivity index (χ2v) is 6.82. The molecule has 0 radical (unpaired) electrons. The predicted octanol–water partition coefficient (Wildman–Crippen LogP) is 3.82. The van der Waals surface area contributed by atoms with Crippen LogP contribution >= 0.6 is 15.9 Å². The summed E-state index contributed by atoms with van der Waals surface area (Å²) in [5.74, 6) is 0.399. The highest BCUT2D eigenvalue weighted by Gasteiger charge is 2.49. The Balaban J connectivity index is 1.91. The van der Waals surface area contributed by atoms with Crippen LogP contribution in [0.4, 0.5) is 4.79 Å². The predicted molar refractivity (Wildman–Crippen MR) is 98.2 cm³/mol. The van der Waals surface area contributed by atoms with Crippen LogP contribution < -0.4 is 10.1 Å². The van der Waals surface area contributed by atoms with Gasteiger partial charge in [-0.3, -0.25) is 9.69 Å². The lowest BCUT2D eigenvalue weighted by Gasteiger charge is -2.23. The number of urea groups is 1. The van der Waals surface area contributed by atoms with E-state index in [1.165, 1.54) is 4.90 Å². The average molecular weight is 403 g/mol. The number of amides is 3. The third-order valence-corrected chi connectivity index (χ3v) is 4.98. The number of benzene rings is 2. The fourth-order valence-corrected chi connectivity index (χ4v) is 3.67. The molecule has 1 aliphatic heterocycles. The van der Waals surface area contributed by atoms with E-state index in [-0.39, 0.29) is 12.5 Å². The second kappa shape index (κ2) is 6.88. The van der Waals surface area contributed by atoms with Gasteiger partial charge in [0.15, 0.2) is 0 Å². The maximum atomic E-state index is 13.0. The first-order chi connectivity index (χ1) is 12.0. The molecule has 3 rings (SSSR count). The van der Waals surface area contributed by atoms with Gasteiger partial charge in [-0.05, 0) is 26.0 Å². The summed E-state index contributed by atoms with van der Waals surface area (Å²) in [6, 6.07) is 14.4. The van der Waals surface area contributed by atoms with E-state index in [0.717, 1.165) is 15.6 Å². The number of ether oxygens (including phenoxy) is 1. The number of nitrogens with one attached hydrogen (secondary N) is 1. The molecule has 0 spiro atoms. The van der Waals surface area contributed by atoms with Gasteiger partial charge < -0.3 is 10.1 Å². The zero-order valence-corrected chi connectivity index (χ0v) is 15.7. The molecule has 1 heterocycles. The Morgan fingerprint density at radius 1 is 1.12 bits per heavy atom. The van der Waals surface area contributed by atoms with Crippen LogP contribution in [0.2, 0.25) is 0 Å². The highest BCUT2D eigenvalue weighted by Crippen LogP contribution is 2.34. The van der Waals surface area contributed by atoms with Crippen molar-refractivity contribution in [3.05, 3.63) is 64.1 Å². The highest BCUT2D eigenvalue weighted by molar-refractivity contribution is 9.10. The smallest absolute Gasteiger partial charge is 0.325 e. The number of carbonyl (C=O) groups excluding carboxylic acids is 2. The summed E-state index contributed by atoms with van der Waals surface area (Å²) in [4.78, 5) is 26.8. The molecule has 2 aromatic rings. The number of hydrogen-bond acceptors (Lipinski definition) is 3. The van der Waals surface area contributed by atoms with Gasteiger partial charge in [0.2, 0.25) is 0 Å². The third kappa shape index (κ3) is 3.14. The van der Waals surface area contributed by atoms with E-state index >= 15 is 0 Å². The van der Waals surface area contributed by atoms with Gasteiger partial charge in [-0.2, -0.15) is 0 Å². The van der Waals surface area contributed by atoms with Gasteiger partial charge >= 0.3 is 6.03 Å². The molecular weight excluding hydrogens is 384 g/mol. The maximum Gasteiger partial charge on any atom is 0.325 e. The first kappa shape index (κ1) is 17.5. The molecule has 1 aliphatic rings. The topological polar surface area (TPSA) is 58.6 Å². The minimum absolute atomic E-state index is 0.168. The number of para-hydroxylation sites is 1. The molecule has 3 amide bonds. The minimum atomic E-state index is -1.10. The molecule has 6 heteroatoms. The summed E-state index contributed by atoms with van der Waals surface area (Å²) in [5, 5.41) is 2.83. The van der Waals surface area contributed by atoms with Crippen molar-refractivity contribution in [2.24, 2.45) is 0 Å². The Labute approximate surface area is 155 Å². The van der Waals surface area contributed by atoms with Crippen molar-refractivity contribution < 1.29 is 14.3 Å². The summed E-state index contributed by atoms with van der Waals surface area (Å²) in [5.41, 5.74) is 0.427. The number of carbonyl (C=O) groups is 2. The Morgan fingerprint density at radius 3 is 2.52 bits per heavy atom. The SMILES string of the molecule is CCOc1ccccc1CN1C(=O)N[C@@](C)(c2ccccc2Br)C1=O. The Morgan fingerprint density at radius 2 is 1.80 bits per heavy atom. The van der Waals surface area contributed by atoms with Crippen molar-refractivity contribution >= 4 is 27.9 Å². The normalized spacial score (nSPS) is 19.9. The maximum absolute atomic E-state index is 13.0. The summed E-state index contributed by atoms with van der Waals surface area (Å²) >= 11 is 3.47. The molecule has 0 unspecified atom stereocenters. The van der Waals surface area contributed by atoms with Crippen molar-refractivity contribution in [2.45, 2.75) is 25.9 Å². The summed E-state index contributed by atoms with van der Waals surface area (Å²) in [6.45, 7) is 4.31. The van der Waals surface area contributed by atoms with Crippen LogP contribution in [-0.2, 0) is 16.9 Å². The van der Waals surface area contributed by atoms with Gasteiger partial charge in [0.05, 0.1) is 13.2 Å². The van der Waals surface area contributed by atoms with Crippen LogP contribution in [0.3, 0.4) is 0 Å². The van der Waals surface area contributed by atoms with E-state index in [1.54, 1.807) is 6.92 Å². The zero-order valence-electron chi connectivity index (χ0n) is 14.1. The Hall–Kier alpha value is -2.34. The largest absolute Gasteiger partial charge is 0.494 e. The van der Waals surface area contributed by atoms with Gasteiger partial charge in [0.25, 0.3) is 5.91 Å². The fraction of sp³-hybridized carbons (Fsp3) is 0.263. The van der Waals surface area contributed by atoms with Crippen LogP contribution in [0.15, 0.2) is 53.0 Å². The molecule has 0 aromatic heterocycles. The van der Waals surface area contributed by atoms with Crippen molar-refractivity contribution in [1.82, 2.24) is 10.2 Å². The van der Waals surface area contributed by atoms with Crippen LogP contribution in [0.5, 0.6) is 5.75 Å². The summed E-state index contributed by atoms with van der Waals surface area (Å²) in [7, 11) is 0. The first-order valence-corrected chi connectivity index (χ1v) is 8.86. The van der Waals surface area contributed by atoms with Crippen molar-refractivity contribution in [1.29, 1.82) is 0 Å². The number of imide groups is 1. The standard InChI is InChI=1S/C19H19BrN2O3/c1-3-25-16-11-7-4-8-13(16)12-22-17(23)19(2,21-18(22)24)14-9-5-6-10-15(14)20/h4-11H,3,12H2,1-2H3,(H,21,24)/t19-/m0/s1. The van der Waals surface area contributed by atoms with Crippen molar-refractivity contribution in [3.8, 4) is 5.75 Å². The molecule has 0 saturated carbocycles. The third-order valence-electron chi connectivity index (χ3n) is 4.29. The molecule has 0 bridgehead atoms. The Bertz CT molecular complexity index is 824. The lowest BCUT2D eigenvalue weighted by atomic mass is 9.92. The number of rotatable bonds is 5. The lowest BCUT2D eigenvalue weighted by molar-refractivity contribution is -0.131. The molecule has 1 saturated heterocycles. The molecule has 130 valence electrons. The molecule has 1 N–H and O–H groups in total. The second-order valence-electron chi connectivity index (χ2n) is 5.97. The molecule has 5 nitrogen and oxygen atoms in total. The first-order valence-electron chi connectivity index (χ1n) is 8.07. The lowest BCUT2D eigenvalue weighted by Crippen LogP contribution is -2.41. The molecule has 0 aliphatic carbocycles. The van der Waals surface area contributed by atoms with E-state index in [0.29, 0.717) is 12.4 Å². The van der Waals surface area contributed by atoms with E-state index in [4.69, 9.17) is 4.74 Å². The molecule has 25 heavy (non-hydrogen) atoms. The molecule has 1 fully saturated rings. The number of hydrogen-bond donors (Lipinski definition) is 1. The van der Waals surface area contributed by atoms with Gasteiger partial charge in [0, 0.05) is 15.6 Å². The number of halogens is 1. The van der Waals surface area contributed by atoms with Gasteiger partial charge in [0.1, 0.15) is 11.3 Å². The van der Waals surface area contributed by atoms with Crippen LogP contribution in [0, 0.1) is 0 Å². The minimum Gasteiger partial charge on any atom is -0.494 e. The Kier molecular flexibility index (Phi) is 4.81. The quantitative estimate of drug-likeness (QED) is 0.773. The summed E-state index contributed by atoms with van der Waals surface area (Å²) in [6.07, 6.45) is 0. The van der Waals surface area contributed by atoms with E-state index in [9.17, 15) is 9.59 Å². The fourth-order valence-electron chi connectivity index (χ4n) is 2.99. The van der Waals surface area contributed by atoms with Crippen LogP contribution in [0.1, 0.15) is 25.0 Å². The molecular formula is C19H19BrN2O3. The van der Waals surface area contributed by atoms with E-state index < -0.39 is 11.6 Å². The molecule has 2 aromatic carbocycles. The monoisotopic (exact) mass is 402 g/mol. The molecule has 1 atom stereocenters.